The van der Waals surface area contributed by atoms with Gasteiger partial charge in [-0.3, -0.25) is 0 Å². The van der Waals surface area contributed by atoms with Gasteiger partial charge in [0.05, 0.1) is 0 Å². The van der Waals surface area contributed by atoms with Crippen LogP contribution in [-0.4, -0.2) is 0 Å². The Labute approximate surface area is 211 Å². The lowest BCUT2D eigenvalue weighted by Crippen LogP contribution is -2.28. The molecule has 0 radical (unpaired) electrons. The zero-order chi connectivity index (χ0) is 23.9. The molecule has 36 heavy (non-hydrogen) atoms. The molecule has 1 fully saturated rings. The first kappa shape index (κ1) is 20.1. The van der Waals surface area contributed by atoms with Gasteiger partial charge in [-0.25, -0.2) is 0 Å². The van der Waals surface area contributed by atoms with Crippen LogP contribution >= 0.6 is 0 Å². The van der Waals surface area contributed by atoms with Crippen LogP contribution in [0.2, 0.25) is 0 Å². The number of allylic oxidation sites excluding steroid dienone is 5. The van der Waals surface area contributed by atoms with Crippen molar-refractivity contribution in [1.29, 1.82) is 0 Å². The molecule has 0 heterocycles. The van der Waals surface area contributed by atoms with E-state index in [0.717, 1.165) is 6.42 Å². The third-order valence-corrected chi connectivity index (χ3v) is 8.90. The molecule has 2 unspecified atom stereocenters. The first-order valence-electron chi connectivity index (χ1n) is 12.9. The molecule has 0 heteroatoms. The molecule has 1 spiro atoms. The summed E-state index contributed by atoms with van der Waals surface area (Å²) in [6, 6.07) is 40.6. The first-order chi connectivity index (χ1) is 17.7. The molecule has 170 valence electrons. The predicted octanol–water partition coefficient (Wildman–Crippen LogP) is 9.00. The highest BCUT2D eigenvalue weighted by atomic mass is 14.7. The molecular weight excluding hydrogens is 432 g/mol. The van der Waals surface area contributed by atoms with E-state index in [1.54, 1.807) is 0 Å². The molecule has 3 aliphatic rings. The minimum Gasteiger partial charge on any atom is -0.0724 e. The molecule has 0 aromatic heterocycles. The molecule has 0 nitrogen and oxygen atoms in total. The second-order valence-corrected chi connectivity index (χ2v) is 10.7. The molecular formula is C36H26. The van der Waals surface area contributed by atoms with Gasteiger partial charge in [0.25, 0.3) is 0 Å². The number of benzene rings is 5. The van der Waals surface area contributed by atoms with Crippen LogP contribution in [0, 0.1) is 5.41 Å². The van der Waals surface area contributed by atoms with Gasteiger partial charge in [0, 0.05) is 10.8 Å². The van der Waals surface area contributed by atoms with Crippen LogP contribution in [-0.2, 0) is 5.41 Å². The zero-order valence-electron chi connectivity index (χ0n) is 20.3. The lowest BCUT2D eigenvalue weighted by atomic mass is 9.65. The van der Waals surface area contributed by atoms with Crippen LogP contribution in [0.5, 0.6) is 0 Å². The van der Waals surface area contributed by atoms with Crippen LogP contribution < -0.4 is 0 Å². The fraction of sp³-hybridized carbons (Fsp3) is 0.111. The maximum atomic E-state index is 2.53. The summed E-state index contributed by atoms with van der Waals surface area (Å²) in [5.41, 5.74) is 9.76. The fourth-order valence-electron chi connectivity index (χ4n) is 7.33. The summed E-state index contributed by atoms with van der Waals surface area (Å²) >= 11 is 0. The Morgan fingerprint density at radius 1 is 0.583 bits per heavy atom. The van der Waals surface area contributed by atoms with Crippen LogP contribution in [0.25, 0.3) is 27.1 Å². The third kappa shape index (κ3) is 2.39. The van der Waals surface area contributed by atoms with Crippen LogP contribution in [0.1, 0.15) is 35.6 Å². The largest absolute Gasteiger partial charge is 0.0724 e. The van der Waals surface area contributed by atoms with Gasteiger partial charge in [-0.15, -0.1) is 0 Å². The van der Waals surface area contributed by atoms with Gasteiger partial charge in [0.15, 0.2) is 0 Å². The van der Waals surface area contributed by atoms with E-state index in [2.05, 4.69) is 134 Å². The van der Waals surface area contributed by atoms with Crippen molar-refractivity contribution in [1.82, 2.24) is 0 Å². The molecule has 0 N–H and O–H groups in total. The van der Waals surface area contributed by atoms with Crippen LogP contribution in [0.3, 0.4) is 0 Å². The van der Waals surface area contributed by atoms with Crippen molar-refractivity contribution in [3.05, 3.63) is 161 Å². The van der Waals surface area contributed by atoms with E-state index in [1.165, 1.54) is 60.5 Å². The quantitative estimate of drug-likeness (QED) is 0.248. The number of hydrogen-bond acceptors (Lipinski definition) is 0. The van der Waals surface area contributed by atoms with E-state index in [1.807, 2.05) is 0 Å². The van der Waals surface area contributed by atoms with Crippen molar-refractivity contribution < 1.29 is 0 Å². The molecule has 1 saturated carbocycles. The predicted molar refractivity (Wildman–Crippen MR) is 151 cm³/mol. The number of fused-ring (bicyclic) bond motifs is 4. The first-order valence-corrected chi connectivity index (χ1v) is 12.9. The van der Waals surface area contributed by atoms with Crippen LogP contribution in [0.15, 0.2) is 139 Å². The topological polar surface area (TPSA) is 0 Å². The molecule has 0 amide bonds. The molecule has 0 bridgehead atoms. The van der Waals surface area contributed by atoms with E-state index >= 15 is 0 Å². The summed E-state index contributed by atoms with van der Waals surface area (Å²) in [4.78, 5) is 0. The molecule has 5 aromatic carbocycles. The zero-order valence-corrected chi connectivity index (χ0v) is 20.3. The fourth-order valence-corrected chi connectivity index (χ4v) is 7.33. The Balaban J connectivity index is 1.52. The van der Waals surface area contributed by atoms with E-state index < -0.39 is 0 Å². The summed E-state index contributed by atoms with van der Waals surface area (Å²) < 4.78 is 0. The Bertz CT molecular complexity index is 1820. The minimum absolute atomic E-state index is 0.0305. The maximum Gasteiger partial charge on any atom is 0.0359 e. The Hall–Kier alpha value is -4.16. The molecule has 5 aromatic rings. The highest BCUT2D eigenvalue weighted by Gasteiger charge is 2.72. The summed E-state index contributed by atoms with van der Waals surface area (Å²) in [6.07, 6.45) is 8.46. The van der Waals surface area contributed by atoms with Gasteiger partial charge in [0.1, 0.15) is 0 Å². The van der Waals surface area contributed by atoms with Gasteiger partial charge in [-0.2, -0.15) is 0 Å². The lowest BCUT2D eigenvalue weighted by Gasteiger charge is -2.37. The van der Waals surface area contributed by atoms with Crippen molar-refractivity contribution in [2.75, 3.05) is 0 Å². The SMILES string of the molecule is CC1=CC2=C(c3cccc4ccccc34)c3ccccc3C3(c4cccc5ccccc45)CC23C=C1. The van der Waals surface area contributed by atoms with Crippen molar-refractivity contribution >= 4 is 27.1 Å². The Kier molecular flexibility index (Phi) is 3.88. The second kappa shape index (κ2) is 6.95. The lowest BCUT2D eigenvalue weighted by molar-refractivity contribution is 0.648. The van der Waals surface area contributed by atoms with Crippen molar-refractivity contribution in [2.24, 2.45) is 5.41 Å². The van der Waals surface area contributed by atoms with E-state index in [0.29, 0.717) is 0 Å². The highest BCUT2D eigenvalue weighted by Crippen LogP contribution is 2.78. The Morgan fingerprint density at radius 3 is 2.06 bits per heavy atom. The number of hydrogen-bond donors (Lipinski definition) is 0. The van der Waals surface area contributed by atoms with E-state index in [-0.39, 0.29) is 10.8 Å². The minimum atomic E-state index is -0.0540. The average Bonchev–Trinajstić information content (AvgIpc) is 3.62. The van der Waals surface area contributed by atoms with Crippen LogP contribution in [0.4, 0.5) is 0 Å². The summed E-state index contributed by atoms with van der Waals surface area (Å²) in [5.74, 6) is 0. The Morgan fingerprint density at radius 2 is 1.19 bits per heavy atom. The second-order valence-electron chi connectivity index (χ2n) is 10.7. The molecule has 8 rings (SSSR count). The molecule has 0 aliphatic heterocycles. The van der Waals surface area contributed by atoms with Gasteiger partial charge >= 0.3 is 0 Å². The molecule has 2 atom stereocenters. The van der Waals surface area contributed by atoms with Gasteiger partial charge < -0.3 is 0 Å². The summed E-state index contributed by atoms with van der Waals surface area (Å²) in [6.45, 7) is 2.24. The summed E-state index contributed by atoms with van der Waals surface area (Å²) in [5, 5.41) is 5.31. The van der Waals surface area contributed by atoms with E-state index in [4.69, 9.17) is 0 Å². The third-order valence-electron chi connectivity index (χ3n) is 8.90. The monoisotopic (exact) mass is 458 g/mol. The smallest absolute Gasteiger partial charge is 0.0359 e. The maximum absolute atomic E-state index is 2.53. The number of rotatable bonds is 2. The van der Waals surface area contributed by atoms with Gasteiger partial charge in [-0.05, 0) is 68.3 Å². The van der Waals surface area contributed by atoms with Crippen molar-refractivity contribution in [2.45, 2.75) is 18.8 Å². The van der Waals surface area contributed by atoms with Crippen molar-refractivity contribution in [3.63, 3.8) is 0 Å². The normalized spacial score (nSPS) is 23.8. The van der Waals surface area contributed by atoms with Gasteiger partial charge in [0.2, 0.25) is 0 Å². The summed E-state index contributed by atoms with van der Waals surface area (Å²) in [7, 11) is 0. The van der Waals surface area contributed by atoms with E-state index in [9.17, 15) is 0 Å². The molecule has 3 aliphatic carbocycles. The molecule has 0 saturated heterocycles. The standard InChI is InChI=1S/C36H26/c1-24-20-21-35-23-36(35,31-19-9-13-26-11-3-5-15-28(26)31)32-18-7-6-16-30(32)34(33(35)22-24)29-17-8-12-25-10-2-4-14-27(25)29/h2-22H,23H2,1H3. The van der Waals surface area contributed by atoms with Gasteiger partial charge in [-0.1, -0.05) is 133 Å². The average molecular weight is 459 g/mol. The highest BCUT2D eigenvalue weighted by molar-refractivity contribution is 6.03. The van der Waals surface area contributed by atoms with Crippen molar-refractivity contribution in [3.8, 4) is 0 Å².